The summed E-state index contributed by atoms with van der Waals surface area (Å²) in [5.74, 6) is 0.513. The van der Waals surface area contributed by atoms with Crippen molar-refractivity contribution in [2.75, 3.05) is 6.61 Å². The number of thiophene rings is 1. The van der Waals surface area contributed by atoms with Crippen LogP contribution in [0.25, 0.3) is 31.7 Å². The number of carbonyl (C=O) groups excluding carboxylic acids is 1. The number of hydrogen-bond donors (Lipinski definition) is 0. The molecule has 0 unspecified atom stereocenters. The van der Waals surface area contributed by atoms with Crippen LogP contribution in [-0.2, 0) is 7.05 Å². The van der Waals surface area contributed by atoms with Gasteiger partial charge in [-0.1, -0.05) is 41.7 Å². The zero-order valence-electron chi connectivity index (χ0n) is 17.0. The van der Waals surface area contributed by atoms with Gasteiger partial charge in [0.25, 0.3) is 5.91 Å². The first-order chi connectivity index (χ1) is 15.2. The number of aryl methyl sites for hydroxylation is 1. The third kappa shape index (κ3) is 3.56. The van der Waals surface area contributed by atoms with Crippen molar-refractivity contribution < 1.29 is 9.53 Å². The van der Waals surface area contributed by atoms with Gasteiger partial charge in [0.1, 0.15) is 11.3 Å². The number of nitrogens with zero attached hydrogens (tertiary/aromatic N) is 3. The number of para-hydroxylation sites is 2. The average molecular weight is 446 g/mol. The summed E-state index contributed by atoms with van der Waals surface area (Å²) in [5, 5.41) is 2.81. The molecule has 0 aliphatic rings. The highest BCUT2D eigenvalue weighted by Gasteiger charge is 2.15. The second-order valence-corrected chi connectivity index (χ2v) is 8.90. The Kier molecular flexibility index (Phi) is 5.13. The van der Waals surface area contributed by atoms with Crippen LogP contribution in [0.5, 0.6) is 5.75 Å². The minimum atomic E-state index is -0.281. The van der Waals surface area contributed by atoms with E-state index in [0.717, 1.165) is 37.4 Å². The first kappa shape index (κ1) is 19.7. The Hall–Kier alpha value is -3.29. The number of hydrogen-bond acceptors (Lipinski definition) is 5. The summed E-state index contributed by atoms with van der Waals surface area (Å²) < 4.78 is 8.72. The van der Waals surface area contributed by atoms with Crippen molar-refractivity contribution in [3.05, 3.63) is 76.4 Å². The summed E-state index contributed by atoms with van der Waals surface area (Å²) in [5.41, 5.74) is 3.06. The van der Waals surface area contributed by atoms with E-state index in [0.29, 0.717) is 17.0 Å². The maximum Gasteiger partial charge on any atom is 0.280 e. The number of carbonyl (C=O) groups is 1. The quantitative estimate of drug-likeness (QED) is 0.359. The Morgan fingerprint density at radius 1 is 1.13 bits per heavy atom. The summed E-state index contributed by atoms with van der Waals surface area (Å²) in [6, 6.07) is 19.4. The predicted octanol–water partition coefficient (Wildman–Crippen LogP) is 5.66. The Bertz CT molecular complexity index is 1480. The fourth-order valence-corrected chi connectivity index (χ4v) is 5.32. The Morgan fingerprint density at radius 2 is 2.00 bits per heavy atom. The molecule has 0 aliphatic heterocycles. The van der Waals surface area contributed by atoms with Gasteiger partial charge < -0.3 is 9.30 Å². The highest BCUT2D eigenvalue weighted by atomic mass is 32.1. The molecule has 0 bridgehead atoms. The van der Waals surface area contributed by atoms with Crippen molar-refractivity contribution in [2.24, 2.45) is 12.0 Å². The third-order valence-corrected chi connectivity index (χ3v) is 6.99. The van der Waals surface area contributed by atoms with Crippen LogP contribution in [0.3, 0.4) is 0 Å². The molecule has 154 valence electrons. The molecule has 7 heteroatoms. The largest absolute Gasteiger partial charge is 0.492 e. The minimum Gasteiger partial charge on any atom is -0.492 e. The molecular formula is C24H19N3O2S2. The van der Waals surface area contributed by atoms with Gasteiger partial charge in [-0.2, -0.15) is 4.99 Å². The molecule has 0 saturated heterocycles. The number of benzene rings is 2. The molecule has 3 aromatic heterocycles. The third-order valence-electron chi connectivity index (χ3n) is 5.00. The van der Waals surface area contributed by atoms with Gasteiger partial charge in [-0.3, -0.25) is 4.79 Å². The molecule has 0 radical (unpaired) electrons. The normalized spacial score (nSPS) is 12.0. The molecule has 0 spiro atoms. The zero-order valence-corrected chi connectivity index (χ0v) is 18.7. The summed E-state index contributed by atoms with van der Waals surface area (Å²) in [6.07, 6.45) is 0. The van der Waals surface area contributed by atoms with Crippen LogP contribution in [0.1, 0.15) is 17.3 Å². The second kappa shape index (κ2) is 8.09. The fraction of sp³-hybridized carbons (Fsp3) is 0.125. The van der Waals surface area contributed by atoms with E-state index in [9.17, 15) is 4.79 Å². The smallest absolute Gasteiger partial charge is 0.280 e. The maximum absolute atomic E-state index is 13.4. The first-order valence-electron chi connectivity index (χ1n) is 9.90. The number of ether oxygens (including phenoxy) is 1. The molecule has 5 aromatic rings. The lowest BCUT2D eigenvalue weighted by atomic mass is 10.1. The highest BCUT2D eigenvalue weighted by Crippen LogP contribution is 2.29. The number of fused-ring (bicyclic) bond motifs is 2. The molecule has 5 nitrogen and oxygen atoms in total. The Labute approximate surface area is 186 Å². The number of thiazole rings is 1. The molecule has 31 heavy (non-hydrogen) atoms. The summed E-state index contributed by atoms with van der Waals surface area (Å²) >= 11 is 3.08. The van der Waals surface area contributed by atoms with Crippen molar-refractivity contribution >= 4 is 49.7 Å². The highest BCUT2D eigenvalue weighted by molar-refractivity contribution is 7.16. The van der Waals surface area contributed by atoms with Crippen LogP contribution >= 0.6 is 22.7 Å². The molecular weight excluding hydrogens is 426 g/mol. The Morgan fingerprint density at radius 3 is 2.81 bits per heavy atom. The van der Waals surface area contributed by atoms with Gasteiger partial charge >= 0.3 is 0 Å². The fourth-order valence-electron chi connectivity index (χ4n) is 3.60. The van der Waals surface area contributed by atoms with Crippen LogP contribution in [0.2, 0.25) is 0 Å². The molecule has 0 fully saturated rings. The van der Waals surface area contributed by atoms with E-state index >= 15 is 0 Å². The van der Waals surface area contributed by atoms with Crippen LogP contribution < -0.4 is 9.54 Å². The summed E-state index contributed by atoms with van der Waals surface area (Å²) in [6.45, 7) is 2.54. The number of rotatable bonds is 4. The van der Waals surface area contributed by atoms with Gasteiger partial charge in [0.15, 0.2) is 4.80 Å². The van der Waals surface area contributed by atoms with Gasteiger partial charge in [0.05, 0.1) is 33.0 Å². The van der Waals surface area contributed by atoms with Crippen molar-refractivity contribution in [1.29, 1.82) is 0 Å². The van der Waals surface area contributed by atoms with E-state index in [1.54, 1.807) is 11.3 Å². The SMILES string of the molecule is CCOc1cccc2sc(=NC(=O)c3cc(-c4cccs4)nc4ccccc34)n(C)c12. The van der Waals surface area contributed by atoms with Gasteiger partial charge in [0.2, 0.25) is 0 Å². The molecule has 3 heterocycles. The standard InChI is InChI=1S/C24H19N3O2S2/c1-3-29-19-10-6-11-21-22(19)27(2)24(31-21)26-23(28)16-14-18(20-12-7-13-30-20)25-17-9-5-4-8-15(16)17/h4-14H,3H2,1-2H3. The summed E-state index contributed by atoms with van der Waals surface area (Å²) in [7, 11) is 1.91. The monoisotopic (exact) mass is 445 g/mol. The van der Waals surface area contributed by atoms with Gasteiger partial charge in [-0.15, -0.1) is 11.3 Å². The number of amides is 1. The number of pyridine rings is 1. The molecule has 0 N–H and O–H groups in total. The van der Waals surface area contributed by atoms with Crippen molar-refractivity contribution in [3.8, 4) is 16.3 Å². The van der Waals surface area contributed by atoms with Crippen LogP contribution in [0, 0.1) is 0 Å². The Balaban J connectivity index is 1.68. The molecule has 2 aromatic carbocycles. The minimum absolute atomic E-state index is 0.281. The van der Waals surface area contributed by atoms with Crippen LogP contribution in [0.15, 0.2) is 71.0 Å². The maximum atomic E-state index is 13.4. The predicted molar refractivity (Wildman–Crippen MR) is 127 cm³/mol. The summed E-state index contributed by atoms with van der Waals surface area (Å²) in [4.78, 5) is 24.3. The van der Waals surface area contributed by atoms with E-state index in [2.05, 4.69) is 4.99 Å². The second-order valence-electron chi connectivity index (χ2n) is 6.95. The van der Waals surface area contributed by atoms with Crippen molar-refractivity contribution in [1.82, 2.24) is 9.55 Å². The van der Waals surface area contributed by atoms with Crippen molar-refractivity contribution in [2.45, 2.75) is 6.92 Å². The van der Waals surface area contributed by atoms with E-state index in [4.69, 9.17) is 9.72 Å². The van der Waals surface area contributed by atoms with Gasteiger partial charge in [0, 0.05) is 12.4 Å². The average Bonchev–Trinajstić information content (AvgIpc) is 3.42. The molecule has 1 amide bonds. The van der Waals surface area contributed by atoms with Crippen LogP contribution in [0.4, 0.5) is 0 Å². The lowest BCUT2D eigenvalue weighted by molar-refractivity contribution is 0.0999. The topological polar surface area (TPSA) is 56.5 Å². The number of aromatic nitrogens is 2. The zero-order chi connectivity index (χ0) is 21.4. The van der Waals surface area contributed by atoms with Gasteiger partial charge in [-0.25, -0.2) is 4.98 Å². The van der Waals surface area contributed by atoms with E-state index in [-0.39, 0.29) is 5.91 Å². The van der Waals surface area contributed by atoms with Gasteiger partial charge in [-0.05, 0) is 42.6 Å². The van der Waals surface area contributed by atoms with E-state index < -0.39 is 0 Å². The van der Waals surface area contributed by atoms with E-state index in [1.807, 2.05) is 84.6 Å². The lowest BCUT2D eigenvalue weighted by Gasteiger charge is -2.07. The van der Waals surface area contributed by atoms with E-state index in [1.165, 1.54) is 11.3 Å². The van der Waals surface area contributed by atoms with Crippen molar-refractivity contribution in [3.63, 3.8) is 0 Å². The lowest BCUT2D eigenvalue weighted by Crippen LogP contribution is -2.14. The molecule has 0 aliphatic carbocycles. The molecule has 5 rings (SSSR count). The first-order valence-corrected chi connectivity index (χ1v) is 11.6. The molecule has 0 atom stereocenters. The molecule has 0 saturated carbocycles. The van der Waals surface area contributed by atoms with Crippen LogP contribution in [-0.4, -0.2) is 22.1 Å².